The first-order valence-electron chi connectivity index (χ1n) is 40.0. The van der Waals surface area contributed by atoms with Crippen LogP contribution in [-0.4, -0.2) is 238 Å². The van der Waals surface area contributed by atoms with Gasteiger partial charge in [-0.1, -0.05) is 18.2 Å². The molecule has 46 heteroatoms. The van der Waals surface area contributed by atoms with Crippen LogP contribution in [0.1, 0.15) is 91.3 Å². The van der Waals surface area contributed by atoms with Crippen molar-refractivity contribution in [2.24, 2.45) is 4.99 Å². The zero-order valence-electron chi connectivity index (χ0n) is 72.3. The minimum atomic E-state index is -0.522. The molecule has 0 spiro atoms. The van der Waals surface area contributed by atoms with E-state index < -0.39 is 29.8 Å². The fourth-order valence-electron chi connectivity index (χ4n) is 13.1. The summed E-state index contributed by atoms with van der Waals surface area (Å²) in [5.74, 6) is 0.0968. The lowest BCUT2D eigenvalue weighted by molar-refractivity contribution is -0.105. The van der Waals surface area contributed by atoms with E-state index in [2.05, 4.69) is 248 Å². The molecular weight excluding hydrogens is 2250 g/mol. The van der Waals surface area contributed by atoms with Crippen molar-refractivity contribution in [1.29, 1.82) is 0 Å². The van der Waals surface area contributed by atoms with E-state index in [-0.39, 0.29) is 35.7 Å². The van der Waals surface area contributed by atoms with Gasteiger partial charge in [0.15, 0.2) is 28.3 Å². The predicted molar refractivity (Wildman–Crippen MR) is 531 cm³/mol. The summed E-state index contributed by atoms with van der Waals surface area (Å²) < 4.78 is 63.8. The topological polar surface area (TPSA) is 414 Å². The van der Waals surface area contributed by atoms with Crippen LogP contribution in [0.3, 0.4) is 0 Å². The summed E-state index contributed by atoms with van der Waals surface area (Å²) in [6.07, 6.45) is 21.4. The number of aromatic nitrogens is 12. The third-order valence-electron chi connectivity index (χ3n) is 20.4. The van der Waals surface area contributed by atoms with E-state index in [1.807, 2.05) is 55.0 Å². The fraction of sp³-hybridized carbons (Fsp3) is 0.291. The van der Waals surface area contributed by atoms with E-state index in [9.17, 15) is 24.0 Å². The Morgan fingerprint density at radius 2 is 0.811 bits per heavy atom. The van der Waals surface area contributed by atoms with Crippen LogP contribution in [0, 0.1) is 0 Å². The van der Waals surface area contributed by atoms with E-state index in [4.69, 9.17) is 70.3 Å². The number of aliphatic imine (C=N–C) groups is 1. The number of morpholine rings is 3. The Balaban J connectivity index is 0.000000150. The zero-order valence-corrected chi connectivity index (χ0v) is 85.8. The van der Waals surface area contributed by atoms with Crippen molar-refractivity contribution >= 4 is 268 Å². The van der Waals surface area contributed by atoms with Crippen molar-refractivity contribution in [2.75, 3.05) is 157 Å². The van der Waals surface area contributed by atoms with E-state index in [1.54, 1.807) is 104 Å². The number of nitrogens with zero attached hydrogens (tertiary/aromatic N) is 16. The first kappa shape index (κ1) is 102. The second-order valence-corrected chi connectivity index (χ2v) is 36.3. The highest BCUT2D eigenvalue weighted by atomic mass is 79.9. The molecule has 0 aliphatic carbocycles. The third kappa shape index (κ3) is 25.7. The maximum absolute atomic E-state index is 12.1. The molecule has 5 aliphatic rings. The van der Waals surface area contributed by atoms with E-state index >= 15 is 0 Å². The Hall–Kier alpha value is -10.1. The van der Waals surface area contributed by atoms with Gasteiger partial charge in [-0.2, -0.15) is 0 Å². The molecule has 0 radical (unpaired) electrons. The molecule has 0 saturated carbocycles. The van der Waals surface area contributed by atoms with Crippen LogP contribution in [0.15, 0.2) is 194 Å². The molecule has 4 saturated heterocycles. The summed E-state index contributed by atoms with van der Waals surface area (Å²) in [5, 5.41) is 6.54. The molecule has 132 heavy (non-hydrogen) atoms. The summed E-state index contributed by atoms with van der Waals surface area (Å²) >= 11 is 31.4. The van der Waals surface area contributed by atoms with E-state index in [1.165, 1.54) is 46.7 Å². The van der Waals surface area contributed by atoms with E-state index in [0.29, 0.717) is 95.9 Å². The van der Waals surface area contributed by atoms with Crippen LogP contribution in [0.25, 0.3) is 22.6 Å². The van der Waals surface area contributed by atoms with Crippen LogP contribution < -0.4 is 42.3 Å². The van der Waals surface area contributed by atoms with Crippen LogP contribution in [0.4, 0.5) is 51.7 Å². The number of benzene rings is 1. The number of pyridine rings is 8. The molecule has 5 aliphatic heterocycles. The number of aldehydes is 1. The number of halogens is 9. The van der Waals surface area contributed by atoms with Crippen LogP contribution in [0.2, 0.25) is 0 Å². The molecule has 18 rings (SSSR count). The van der Waals surface area contributed by atoms with Gasteiger partial charge in [-0.25, -0.2) is 63.8 Å². The standard InChI is InChI=1S/2C18H18BrN5O3.C14H18BNO2.2C9H6Br2N2O2.C9H13N3O.C7H6Br2N2O2.C2H3ClO/c2*1-26-18(25)16-13(19)10-14(17-20-4-5-24(16)17)22-15-3-2-12(11-21-15)23-6-8-27-9-7-23;1-13(2)14(3,4)18-15(17-13)12-6-5-10-8-16-9-11(10)7-12;2*1-15-9(14)7-5(10)4-6(11)8-12-2-3-13(7)8;10-9-2-1-8(7-11-9)12-3-5-13-6-4-12;1-13-7(12)5-3(8)2-4(9)6(10)11-5;3-1-2-4/h2*2-5,10-11H,6-9H2,1H3,(H,21,22);5-8H,9H2,1-4H3;2*2-4H,1H3;1-2,7H,3-6H2,(H2,10,11);2H,1H3,(H2,10,11);2H,1H2. The number of nitrogen functional groups attached to an aromatic ring is 2. The normalized spacial score (nSPS) is 14.3. The minimum Gasteiger partial charge on any atom is -0.464 e. The Kier molecular flexibility index (Phi) is 37.4. The molecule has 0 amide bonds. The van der Waals surface area contributed by atoms with E-state index in [0.717, 1.165) is 128 Å². The van der Waals surface area contributed by atoms with Gasteiger partial charge in [0, 0.05) is 95.1 Å². The van der Waals surface area contributed by atoms with Gasteiger partial charge >= 0.3 is 37.0 Å². The molecule has 12 aromatic heterocycles. The number of nitrogens with two attached hydrogens (primary N) is 2. The minimum absolute atomic E-state index is 0.111. The second-order valence-electron chi connectivity index (χ2n) is 29.1. The average molecular weight is 2340 g/mol. The lowest BCUT2D eigenvalue weighted by Crippen LogP contribution is -2.41. The number of nitrogens with one attached hydrogen (secondary N) is 2. The number of esters is 5. The molecule has 0 bridgehead atoms. The molecular formula is C86H88BBr8ClN20O16. The number of anilines is 9. The number of fused-ring (bicyclic) bond motifs is 5. The zero-order chi connectivity index (χ0) is 95.1. The molecule has 6 N–H and O–H groups in total. The Bertz CT molecular complexity index is 5990. The highest BCUT2D eigenvalue weighted by molar-refractivity contribution is 9.12. The lowest BCUT2D eigenvalue weighted by atomic mass is 9.78. The summed E-state index contributed by atoms with van der Waals surface area (Å²) in [6, 6.07) is 26.8. The third-order valence-corrected chi connectivity index (χ3v) is 25.4. The second kappa shape index (κ2) is 48.2. The van der Waals surface area contributed by atoms with Crippen molar-refractivity contribution in [3.8, 4) is 0 Å². The quantitative estimate of drug-likeness (QED) is 0.0258. The van der Waals surface area contributed by atoms with Crippen molar-refractivity contribution < 1.29 is 76.0 Å². The number of ether oxygens (including phenoxy) is 8. The first-order chi connectivity index (χ1) is 63.4. The van der Waals surface area contributed by atoms with Crippen LogP contribution >= 0.6 is 139 Å². The summed E-state index contributed by atoms with van der Waals surface area (Å²) in [6.45, 7) is 18.9. The number of hydrogen-bond acceptors (Lipinski definition) is 32. The molecule has 0 atom stereocenters. The number of alkyl halides is 1. The van der Waals surface area contributed by atoms with Gasteiger partial charge in [0.1, 0.15) is 52.3 Å². The maximum atomic E-state index is 12.1. The van der Waals surface area contributed by atoms with Crippen LogP contribution in [0.5, 0.6) is 0 Å². The van der Waals surface area contributed by atoms with Gasteiger partial charge in [0.25, 0.3) is 0 Å². The average Bonchev–Trinajstić information content (AvgIpc) is 1.55. The molecule has 13 aromatic rings. The monoisotopic (exact) mass is 2330 g/mol. The predicted octanol–water partition coefficient (Wildman–Crippen LogP) is 15.8. The summed E-state index contributed by atoms with van der Waals surface area (Å²) in [7, 11) is 6.40. The largest absolute Gasteiger partial charge is 0.494 e. The Labute approximate surface area is 830 Å². The van der Waals surface area contributed by atoms with Crippen molar-refractivity contribution in [1.82, 2.24) is 57.5 Å². The highest BCUT2D eigenvalue weighted by Gasteiger charge is 2.52. The number of imidazole rings is 4. The summed E-state index contributed by atoms with van der Waals surface area (Å²) in [4.78, 5) is 112. The van der Waals surface area contributed by atoms with Crippen LogP contribution in [-0.2, 0) is 58.5 Å². The first-order valence-corrected chi connectivity index (χ1v) is 46.8. The number of carbonyl (C=O) groups is 6. The highest BCUT2D eigenvalue weighted by Crippen LogP contribution is 2.38. The smallest absolute Gasteiger partial charge is 0.464 e. The van der Waals surface area contributed by atoms with Gasteiger partial charge < -0.3 is 88.8 Å². The van der Waals surface area contributed by atoms with Crippen molar-refractivity contribution in [3.63, 3.8) is 0 Å². The molecule has 694 valence electrons. The number of methoxy groups -OCH3 is 5. The van der Waals surface area contributed by atoms with Gasteiger partial charge in [-0.05, 0) is 238 Å². The SMILES string of the molecule is CC1(C)OB(c2ccc3c(c2)CN=C3)OC1(C)C.COC(=O)c1c(Br)cc(Br)c2nccn12.COC(=O)c1c(Br)cc(Br)c2nccn12.COC(=O)c1c(Br)cc(Nc2ccc(N3CCOCC3)cn2)c2nccn12.COC(=O)c1c(Br)cc(Nc2ccc(N3CCOCC3)cn2)c2nccn12.COC(=O)c1nc(N)c(Br)cc1Br.Nc1ccc(N2CCOCC2)cn1.O=CCCl. The lowest BCUT2D eigenvalue weighted by Gasteiger charge is -2.32. The number of rotatable bonds is 14. The Morgan fingerprint density at radius 3 is 1.17 bits per heavy atom. The molecule has 1 aromatic carbocycles. The molecule has 17 heterocycles. The maximum Gasteiger partial charge on any atom is 0.494 e. The molecule has 36 nitrogen and oxygen atoms in total. The summed E-state index contributed by atoms with van der Waals surface area (Å²) in [5.41, 5.74) is 23.0. The molecule has 0 unspecified atom stereocenters. The van der Waals surface area contributed by atoms with Gasteiger partial charge in [-0.15, -0.1) is 11.6 Å². The fourth-order valence-corrected chi connectivity index (χ4v) is 18.2. The van der Waals surface area contributed by atoms with Crippen molar-refractivity contribution in [3.05, 3.63) is 228 Å². The van der Waals surface area contributed by atoms with Crippen molar-refractivity contribution in [2.45, 2.75) is 45.4 Å². The number of hydrogen-bond donors (Lipinski definition) is 4. The Morgan fingerprint density at radius 1 is 0.455 bits per heavy atom. The number of carbonyl (C=O) groups excluding carboxylic acids is 6. The molecule has 4 fully saturated rings. The van der Waals surface area contributed by atoms with Gasteiger partial charge in [0.2, 0.25) is 0 Å². The van der Waals surface area contributed by atoms with Gasteiger partial charge in [0.05, 0.1) is 182 Å². The van der Waals surface area contributed by atoms with Gasteiger partial charge in [-0.3, -0.25) is 22.6 Å².